The van der Waals surface area contributed by atoms with Crippen molar-refractivity contribution >= 4 is 42.6 Å². The normalized spacial score (nSPS) is 16.1. The summed E-state index contributed by atoms with van der Waals surface area (Å²) < 4.78 is 65.2. The van der Waals surface area contributed by atoms with Gasteiger partial charge in [0.25, 0.3) is 10.0 Å². The Morgan fingerprint density at radius 2 is 1.35 bits per heavy atom. The molecule has 1 atom stereocenters. The molecule has 1 unspecified atom stereocenters. The predicted octanol–water partition coefficient (Wildman–Crippen LogP) is 6.88. The molecule has 6 rings (SSSR count). The molecule has 222 valence electrons. The van der Waals surface area contributed by atoms with Gasteiger partial charge in [-0.25, -0.2) is 20.8 Å². The lowest BCUT2D eigenvalue weighted by Gasteiger charge is -2.22. The van der Waals surface area contributed by atoms with Crippen LogP contribution in [0, 0.1) is 13.8 Å². The number of methoxy groups -OCH3 is 1. The molecule has 5 aromatic rings. The summed E-state index contributed by atoms with van der Waals surface area (Å²) >= 11 is 6.48. The van der Waals surface area contributed by atoms with Crippen molar-refractivity contribution in [2.75, 3.05) is 13.7 Å². The van der Waals surface area contributed by atoms with Crippen LogP contribution in [0.5, 0.6) is 5.75 Å². The van der Waals surface area contributed by atoms with Gasteiger partial charge in [-0.15, -0.1) is 0 Å². The molecule has 0 fully saturated rings. The zero-order valence-corrected chi connectivity index (χ0v) is 26.4. The summed E-state index contributed by atoms with van der Waals surface area (Å²) in [4.78, 5) is 0.339. The summed E-state index contributed by atoms with van der Waals surface area (Å²) in [5, 5.41) is 1.03. The number of fused-ring (bicyclic) bond motifs is 3. The molecule has 0 aliphatic carbocycles. The monoisotopic (exact) mass is 634 g/mol. The average molecular weight is 635 g/mol. The van der Waals surface area contributed by atoms with Crippen LogP contribution in [0.4, 0.5) is 0 Å². The van der Waals surface area contributed by atoms with Gasteiger partial charge in [0.1, 0.15) is 5.75 Å². The van der Waals surface area contributed by atoms with E-state index in [4.69, 9.17) is 16.3 Å². The lowest BCUT2D eigenvalue weighted by Crippen LogP contribution is -2.31. The van der Waals surface area contributed by atoms with Gasteiger partial charge in [0.2, 0.25) is 10.0 Å². The Balaban J connectivity index is 1.63. The second kappa shape index (κ2) is 11.1. The molecule has 2 heterocycles. The second-order valence-corrected chi connectivity index (χ2v) is 15.0. The number of benzene rings is 4. The van der Waals surface area contributed by atoms with Crippen molar-refractivity contribution in [3.63, 3.8) is 0 Å². The minimum Gasteiger partial charge on any atom is -0.497 e. The maximum Gasteiger partial charge on any atom is 0.268 e. The zero-order chi connectivity index (χ0) is 30.5. The summed E-state index contributed by atoms with van der Waals surface area (Å²) in [7, 11) is -6.41. The molecule has 43 heavy (non-hydrogen) atoms. The van der Waals surface area contributed by atoms with E-state index < -0.39 is 26.0 Å². The number of aryl methyl sites for hydroxylation is 2. The highest BCUT2D eigenvalue weighted by molar-refractivity contribution is 7.90. The van der Waals surface area contributed by atoms with E-state index in [0.717, 1.165) is 16.7 Å². The quantitative estimate of drug-likeness (QED) is 0.203. The van der Waals surface area contributed by atoms with Gasteiger partial charge in [-0.1, -0.05) is 59.1 Å². The smallest absolute Gasteiger partial charge is 0.268 e. The third kappa shape index (κ3) is 5.25. The standard InChI is InChI=1S/C33H31ClN2O5S2/c1-22-4-13-27(14-5-22)42(37,38)35-19-18-29(24-8-11-26(41-3)12-9-24)33-31(21-35)30-20-25(34)10-17-32(30)36(33)43(39,40)28-15-6-23(2)7-16-28/h4-17,20,29H,18-19,21H2,1-3H3. The molecule has 1 aliphatic heterocycles. The van der Waals surface area contributed by atoms with E-state index >= 15 is 0 Å². The largest absolute Gasteiger partial charge is 0.497 e. The van der Waals surface area contributed by atoms with Crippen LogP contribution in [-0.4, -0.2) is 38.8 Å². The van der Waals surface area contributed by atoms with Gasteiger partial charge in [-0.2, -0.15) is 4.31 Å². The van der Waals surface area contributed by atoms with E-state index in [1.807, 2.05) is 38.1 Å². The first-order valence-electron chi connectivity index (χ1n) is 13.9. The van der Waals surface area contributed by atoms with Crippen LogP contribution in [0.25, 0.3) is 10.9 Å². The highest BCUT2D eigenvalue weighted by Gasteiger charge is 2.38. The van der Waals surface area contributed by atoms with Crippen molar-refractivity contribution in [2.45, 2.75) is 42.5 Å². The molecule has 0 N–H and O–H groups in total. The van der Waals surface area contributed by atoms with E-state index in [9.17, 15) is 16.8 Å². The number of ether oxygens (including phenoxy) is 1. The third-order valence-corrected chi connectivity index (χ3v) is 11.9. The van der Waals surface area contributed by atoms with E-state index in [-0.39, 0.29) is 22.9 Å². The average Bonchev–Trinajstić information content (AvgIpc) is 3.17. The summed E-state index contributed by atoms with van der Waals surface area (Å²) in [5.74, 6) is 0.228. The first-order valence-corrected chi connectivity index (χ1v) is 17.1. The van der Waals surface area contributed by atoms with E-state index in [0.29, 0.717) is 39.4 Å². The number of sulfonamides is 1. The SMILES string of the molecule is COc1ccc(C2CCN(S(=O)(=O)c3ccc(C)cc3)Cc3c2n(S(=O)(=O)c2ccc(C)cc2)c2ccc(Cl)cc32)cc1. The lowest BCUT2D eigenvalue weighted by molar-refractivity contribution is 0.405. The minimum atomic E-state index is -4.09. The first kappa shape index (κ1) is 29.4. The molecule has 1 aromatic heterocycles. The topological polar surface area (TPSA) is 85.7 Å². The Bertz CT molecular complexity index is 2040. The summed E-state index contributed by atoms with van der Waals surface area (Å²) in [5.41, 5.74) is 4.34. The highest BCUT2D eigenvalue weighted by Crippen LogP contribution is 2.43. The van der Waals surface area contributed by atoms with Crippen LogP contribution in [-0.2, 0) is 26.6 Å². The third-order valence-electron chi connectivity index (χ3n) is 8.10. The molecule has 7 nitrogen and oxygen atoms in total. The summed E-state index contributed by atoms with van der Waals surface area (Å²) in [6.45, 7) is 3.99. The van der Waals surface area contributed by atoms with Gasteiger partial charge >= 0.3 is 0 Å². The molecular formula is C33H31ClN2O5S2. The highest BCUT2D eigenvalue weighted by atomic mass is 35.5. The number of hydrogen-bond donors (Lipinski definition) is 0. The van der Waals surface area contributed by atoms with Crippen LogP contribution >= 0.6 is 11.6 Å². The molecule has 10 heteroatoms. The number of halogens is 1. The van der Waals surface area contributed by atoms with Gasteiger partial charge in [0.05, 0.1) is 22.4 Å². The molecule has 0 saturated carbocycles. The van der Waals surface area contributed by atoms with Crippen LogP contribution in [0.3, 0.4) is 0 Å². The minimum absolute atomic E-state index is 0.00847. The van der Waals surface area contributed by atoms with E-state index in [1.54, 1.807) is 73.8 Å². The molecule has 0 spiro atoms. The van der Waals surface area contributed by atoms with Gasteiger partial charge < -0.3 is 4.74 Å². The maximum absolute atomic E-state index is 14.5. The molecule has 0 bridgehead atoms. The van der Waals surface area contributed by atoms with Crippen molar-refractivity contribution < 1.29 is 21.6 Å². The van der Waals surface area contributed by atoms with Gasteiger partial charge in [-0.05, 0) is 86.0 Å². The molecule has 0 saturated heterocycles. The molecular weight excluding hydrogens is 604 g/mol. The van der Waals surface area contributed by atoms with Crippen molar-refractivity contribution in [2.24, 2.45) is 0 Å². The van der Waals surface area contributed by atoms with Gasteiger partial charge in [0, 0.05) is 35.1 Å². The molecule has 4 aromatic carbocycles. The summed E-state index contributed by atoms with van der Waals surface area (Å²) in [6.07, 6.45) is 0.359. The number of rotatable bonds is 6. The predicted molar refractivity (Wildman–Crippen MR) is 169 cm³/mol. The van der Waals surface area contributed by atoms with Crippen molar-refractivity contribution in [3.8, 4) is 5.75 Å². The zero-order valence-electron chi connectivity index (χ0n) is 24.0. The Morgan fingerprint density at radius 3 is 1.93 bits per heavy atom. The van der Waals surface area contributed by atoms with Crippen LogP contribution < -0.4 is 4.74 Å². The van der Waals surface area contributed by atoms with E-state index in [2.05, 4.69) is 0 Å². The van der Waals surface area contributed by atoms with Crippen molar-refractivity contribution in [1.29, 1.82) is 0 Å². The fourth-order valence-corrected chi connectivity index (χ4v) is 9.00. The Kier molecular flexibility index (Phi) is 7.62. The van der Waals surface area contributed by atoms with Crippen molar-refractivity contribution in [1.82, 2.24) is 8.28 Å². The van der Waals surface area contributed by atoms with Crippen LogP contribution in [0.1, 0.15) is 40.3 Å². The van der Waals surface area contributed by atoms with Gasteiger partial charge in [-0.3, -0.25) is 0 Å². The number of nitrogens with zero attached hydrogens (tertiary/aromatic N) is 2. The fourth-order valence-electron chi connectivity index (χ4n) is 5.80. The number of aromatic nitrogens is 1. The summed E-state index contributed by atoms with van der Waals surface area (Å²) in [6, 6.07) is 26.1. The Hall–Kier alpha value is -3.63. The maximum atomic E-state index is 14.5. The second-order valence-electron chi connectivity index (χ2n) is 10.9. The number of hydrogen-bond acceptors (Lipinski definition) is 5. The lowest BCUT2D eigenvalue weighted by atomic mass is 9.91. The fraction of sp³-hybridized carbons (Fsp3) is 0.212. The Labute approximate surface area is 257 Å². The van der Waals surface area contributed by atoms with Crippen molar-refractivity contribution in [3.05, 3.63) is 124 Å². The van der Waals surface area contributed by atoms with Gasteiger partial charge in [0.15, 0.2) is 0 Å². The molecule has 0 amide bonds. The molecule has 0 radical (unpaired) electrons. The van der Waals surface area contributed by atoms with Crippen LogP contribution in [0.15, 0.2) is 101 Å². The first-order chi connectivity index (χ1) is 20.5. The van der Waals surface area contributed by atoms with E-state index in [1.165, 1.54) is 8.28 Å². The molecule has 1 aliphatic rings. The Morgan fingerprint density at radius 1 is 0.767 bits per heavy atom. The van der Waals surface area contributed by atoms with Crippen LogP contribution in [0.2, 0.25) is 5.02 Å².